The van der Waals surface area contributed by atoms with Crippen molar-refractivity contribution in [2.75, 3.05) is 33.3 Å². The van der Waals surface area contributed by atoms with Crippen LogP contribution in [0.1, 0.15) is 32.3 Å². The average molecular weight is 290 g/mol. The number of nitrogens with zero attached hydrogens (tertiary/aromatic N) is 1. The molecule has 1 fully saturated rings. The molecule has 1 aromatic rings. The van der Waals surface area contributed by atoms with Gasteiger partial charge in [0.2, 0.25) is 0 Å². The lowest BCUT2D eigenvalue weighted by Crippen LogP contribution is -2.41. The maximum absolute atomic E-state index is 5.23. The van der Waals surface area contributed by atoms with E-state index in [1.165, 1.54) is 38.0 Å². The van der Waals surface area contributed by atoms with Gasteiger partial charge < -0.3 is 15.0 Å². The zero-order valence-electron chi connectivity index (χ0n) is 13.8. The van der Waals surface area contributed by atoms with Gasteiger partial charge in [-0.05, 0) is 69.4 Å². The molecule has 0 bridgehead atoms. The smallest absolute Gasteiger partial charge is 0.118 e. The van der Waals surface area contributed by atoms with E-state index in [-0.39, 0.29) is 0 Å². The van der Waals surface area contributed by atoms with Crippen LogP contribution in [0.4, 0.5) is 0 Å². The third-order valence-electron chi connectivity index (χ3n) is 4.67. The maximum atomic E-state index is 5.23. The van der Waals surface area contributed by atoms with Crippen LogP contribution >= 0.6 is 0 Å². The Labute approximate surface area is 129 Å². The van der Waals surface area contributed by atoms with E-state index in [0.29, 0.717) is 6.04 Å². The molecule has 1 aliphatic heterocycles. The second-order valence-corrected chi connectivity index (χ2v) is 6.18. The highest BCUT2D eigenvalue weighted by molar-refractivity contribution is 5.27. The fraction of sp³-hybridized carbons (Fsp3) is 0.667. The molecule has 0 radical (unpaired) electrons. The van der Waals surface area contributed by atoms with E-state index in [1.54, 1.807) is 7.11 Å². The van der Waals surface area contributed by atoms with Crippen LogP contribution < -0.4 is 10.1 Å². The number of likely N-dealkylation sites (N-methyl/N-ethyl adjacent to an activating group) is 1. The highest BCUT2D eigenvalue weighted by Crippen LogP contribution is 2.18. The van der Waals surface area contributed by atoms with Crippen molar-refractivity contribution < 1.29 is 4.74 Å². The molecule has 21 heavy (non-hydrogen) atoms. The predicted molar refractivity (Wildman–Crippen MR) is 89.0 cm³/mol. The molecular weight excluding hydrogens is 260 g/mol. The predicted octanol–water partition coefficient (Wildman–Crippen LogP) is 2.95. The summed E-state index contributed by atoms with van der Waals surface area (Å²) in [4.78, 5) is 2.64. The topological polar surface area (TPSA) is 24.5 Å². The van der Waals surface area contributed by atoms with Gasteiger partial charge >= 0.3 is 0 Å². The average Bonchev–Trinajstić information content (AvgIpc) is 2.54. The van der Waals surface area contributed by atoms with Crippen LogP contribution in [0.15, 0.2) is 24.3 Å². The number of hydrogen-bond donors (Lipinski definition) is 1. The molecular formula is C18H30N2O. The maximum Gasteiger partial charge on any atom is 0.118 e. The molecule has 2 rings (SSSR count). The van der Waals surface area contributed by atoms with Crippen LogP contribution in [0.25, 0.3) is 0 Å². The van der Waals surface area contributed by atoms with Crippen molar-refractivity contribution in [3.63, 3.8) is 0 Å². The first kappa shape index (κ1) is 16.3. The van der Waals surface area contributed by atoms with Crippen molar-refractivity contribution in [3.8, 4) is 5.75 Å². The summed E-state index contributed by atoms with van der Waals surface area (Å²) >= 11 is 0. The first-order valence-corrected chi connectivity index (χ1v) is 8.30. The molecule has 0 unspecified atom stereocenters. The van der Waals surface area contributed by atoms with Gasteiger partial charge in [0.25, 0.3) is 0 Å². The van der Waals surface area contributed by atoms with Gasteiger partial charge in [-0.3, -0.25) is 0 Å². The van der Waals surface area contributed by atoms with Crippen LogP contribution in [0, 0.1) is 5.92 Å². The summed E-state index contributed by atoms with van der Waals surface area (Å²) in [5, 5.41) is 3.46. The lowest BCUT2D eigenvalue weighted by molar-refractivity contribution is 0.167. The Balaban J connectivity index is 1.87. The molecule has 1 atom stereocenters. The molecule has 0 aliphatic carbocycles. The van der Waals surface area contributed by atoms with Gasteiger partial charge in [-0.25, -0.2) is 0 Å². The summed E-state index contributed by atoms with van der Waals surface area (Å²) in [6.07, 6.45) is 3.76. The van der Waals surface area contributed by atoms with Gasteiger partial charge in [-0.15, -0.1) is 0 Å². The quantitative estimate of drug-likeness (QED) is 0.835. The van der Waals surface area contributed by atoms with E-state index in [0.717, 1.165) is 24.6 Å². The molecule has 3 nitrogen and oxygen atoms in total. The van der Waals surface area contributed by atoms with Crippen molar-refractivity contribution in [1.29, 1.82) is 0 Å². The molecule has 1 heterocycles. The summed E-state index contributed by atoms with van der Waals surface area (Å²) in [6, 6.07) is 9.09. The summed E-state index contributed by atoms with van der Waals surface area (Å²) in [5.74, 6) is 1.80. The van der Waals surface area contributed by atoms with Crippen molar-refractivity contribution in [2.45, 2.75) is 39.2 Å². The van der Waals surface area contributed by atoms with E-state index in [9.17, 15) is 0 Å². The van der Waals surface area contributed by atoms with Gasteiger partial charge in [-0.1, -0.05) is 19.1 Å². The molecule has 3 heteroatoms. The molecule has 1 saturated heterocycles. The van der Waals surface area contributed by atoms with E-state index < -0.39 is 0 Å². The molecule has 118 valence electrons. The minimum Gasteiger partial charge on any atom is -0.497 e. The Hall–Kier alpha value is -1.06. The molecule has 0 saturated carbocycles. The molecule has 1 N–H and O–H groups in total. The third-order valence-corrected chi connectivity index (χ3v) is 4.67. The molecule has 1 aromatic carbocycles. The van der Waals surface area contributed by atoms with Crippen molar-refractivity contribution in [3.05, 3.63) is 29.8 Å². The number of ether oxygens (including phenoxy) is 1. The van der Waals surface area contributed by atoms with Gasteiger partial charge in [0.1, 0.15) is 5.75 Å². The Morgan fingerprint density at radius 3 is 2.48 bits per heavy atom. The van der Waals surface area contributed by atoms with E-state index in [4.69, 9.17) is 4.74 Å². The van der Waals surface area contributed by atoms with Crippen molar-refractivity contribution in [2.24, 2.45) is 5.92 Å². The van der Waals surface area contributed by atoms with Crippen LogP contribution in [0.3, 0.4) is 0 Å². The Bertz CT molecular complexity index is 398. The van der Waals surface area contributed by atoms with Crippen LogP contribution in [-0.4, -0.2) is 44.2 Å². The van der Waals surface area contributed by atoms with E-state index in [2.05, 4.69) is 48.3 Å². The summed E-state index contributed by atoms with van der Waals surface area (Å²) in [6.45, 7) is 9.40. The number of piperidine rings is 1. The monoisotopic (exact) mass is 290 g/mol. The summed E-state index contributed by atoms with van der Waals surface area (Å²) in [7, 11) is 1.72. The number of nitrogens with one attached hydrogen (secondary N) is 1. The number of methoxy groups -OCH3 is 1. The van der Waals surface area contributed by atoms with Gasteiger partial charge in [0, 0.05) is 12.6 Å². The highest BCUT2D eigenvalue weighted by atomic mass is 16.5. The van der Waals surface area contributed by atoms with Gasteiger partial charge in [0.15, 0.2) is 0 Å². The van der Waals surface area contributed by atoms with Crippen LogP contribution in [-0.2, 0) is 6.42 Å². The zero-order valence-corrected chi connectivity index (χ0v) is 13.8. The SMILES string of the molecule is CCN(CC1CCNCC1)[C@@H](C)Cc1ccc(OC)cc1. The number of hydrogen-bond acceptors (Lipinski definition) is 3. The van der Waals surface area contributed by atoms with Crippen LogP contribution in [0.2, 0.25) is 0 Å². The first-order chi connectivity index (χ1) is 10.2. The molecule has 0 spiro atoms. The van der Waals surface area contributed by atoms with Crippen molar-refractivity contribution >= 4 is 0 Å². The zero-order chi connectivity index (χ0) is 15.1. The van der Waals surface area contributed by atoms with Crippen molar-refractivity contribution in [1.82, 2.24) is 10.2 Å². The first-order valence-electron chi connectivity index (χ1n) is 8.30. The Kier molecular flexibility index (Phi) is 6.52. The standard InChI is InChI=1S/C18H30N2O/c1-4-20(14-17-9-11-19-12-10-17)15(2)13-16-5-7-18(21-3)8-6-16/h5-8,15,17,19H,4,9-14H2,1-3H3/t15-/m0/s1. The minimum absolute atomic E-state index is 0.596. The summed E-state index contributed by atoms with van der Waals surface area (Å²) < 4.78 is 5.23. The number of benzene rings is 1. The second kappa shape index (κ2) is 8.40. The van der Waals surface area contributed by atoms with E-state index >= 15 is 0 Å². The summed E-state index contributed by atoms with van der Waals surface area (Å²) in [5.41, 5.74) is 1.40. The van der Waals surface area contributed by atoms with Crippen LogP contribution in [0.5, 0.6) is 5.75 Å². The lowest BCUT2D eigenvalue weighted by Gasteiger charge is -2.33. The number of rotatable bonds is 7. The third kappa shape index (κ3) is 5.01. The largest absolute Gasteiger partial charge is 0.497 e. The highest BCUT2D eigenvalue weighted by Gasteiger charge is 2.19. The Morgan fingerprint density at radius 2 is 1.90 bits per heavy atom. The Morgan fingerprint density at radius 1 is 1.24 bits per heavy atom. The normalized spacial score (nSPS) is 17.9. The molecule has 1 aliphatic rings. The fourth-order valence-electron chi connectivity index (χ4n) is 3.25. The second-order valence-electron chi connectivity index (χ2n) is 6.18. The molecule has 0 amide bonds. The lowest BCUT2D eigenvalue weighted by atomic mass is 9.96. The van der Waals surface area contributed by atoms with Gasteiger partial charge in [-0.2, -0.15) is 0 Å². The molecule has 0 aromatic heterocycles. The minimum atomic E-state index is 0.596. The van der Waals surface area contributed by atoms with Gasteiger partial charge in [0.05, 0.1) is 7.11 Å². The fourth-order valence-corrected chi connectivity index (χ4v) is 3.25. The van der Waals surface area contributed by atoms with E-state index in [1.807, 2.05) is 0 Å².